The van der Waals surface area contributed by atoms with Crippen molar-refractivity contribution in [3.05, 3.63) is 0 Å². The van der Waals surface area contributed by atoms with E-state index in [1.54, 1.807) is 6.07 Å². The minimum absolute atomic E-state index is 0.354. The van der Waals surface area contributed by atoms with Gasteiger partial charge in [-0.15, -0.1) is 0 Å². The zero-order chi connectivity index (χ0) is 10.0. The monoisotopic (exact) mass is 188 g/mol. The molecule has 0 aliphatic carbocycles. The number of nitrogens with zero attached hydrogens (tertiary/aromatic N) is 1. The van der Waals surface area contributed by atoms with E-state index in [2.05, 4.69) is 5.32 Å². The topological polar surface area (TPSA) is 117 Å². The van der Waals surface area contributed by atoms with Gasteiger partial charge in [-0.2, -0.15) is 5.26 Å². The Morgan fingerprint density at radius 1 is 1.38 bits per heavy atom. The quantitative estimate of drug-likeness (QED) is 0.293. The van der Waals surface area contributed by atoms with E-state index in [0.717, 1.165) is 0 Å². The Kier molecular flexibility index (Phi) is 3.19. The first-order valence-corrected chi connectivity index (χ1v) is 3.92. The van der Waals surface area contributed by atoms with Crippen molar-refractivity contribution in [2.24, 2.45) is 0 Å². The average molecular weight is 188 g/mol. The van der Waals surface area contributed by atoms with Gasteiger partial charge in [-0.3, -0.25) is 0 Å². The average Bonchev–Trinajstić information content (AvgIpc) is 2.43. The predicted octanol–water partition coefficient (Wildman–Crippen LogP) is -3.07. The summed E-state index contributed by atoms with van der Waals surface area (Å²) in [6, 6.07) is -0.0543. The summed E-state index contributed by atoms with van der Waals surface area (Å²) in [7, 11) is 0. The van der Waals surface area contributed by atoms with Gasteiger partial charge >= 0.3 is 0 Å². The van der Waals surface area contributed by atoms with Crippen LogP contribution >= 0.6 is 0 Å². The summed E-state index contributed by atoms with van der Waals surface area (Å²) < 4.78 is 0. The Morgan fingerprint density at radius 2 is 2.00 bits per heavy atom. The van der Waals surface area contributed by atoms with E-state index in [1.165, 1.54) is 0 Å². The van der Waals surface area contributed by atoms with Gasteiger partial charge in [0.15, 0.2) is 6.10 Å². The van der Waals surface area contributed by atoms with E-state index in [0.29, 0.717) is 0 Å². The number of nitriles is 1. The first kappa shape index (κ1) is 10.4. The molecule has 1 heterocycles. The summed E-state index contributed by atoms with van der Waals surface area (Å²) in [6.07, 6.45) is -3.77. The number of rotatable bonds is 2. The SMILES string of the molecule is N#CC(O)C1NC(CO)C(O)C1O. The highest BCUT2D eigenvalue weighted by Crippen LogP contribution is 2.16. The Morgan fingerprint density at radius 3 is 2.38 bits per heavy atom. The zero-order valence-electron chi connectivity index (χ0n) is 6.83. The third-order valence-corrected chi connectivity index (χ3v) is 2.21. The van der Waals surface area contributed by atoms with E-state index in [1.807, 2.05) is 0 Å². The van der Waals surface area contributed by atoms with Crippen molar-refractivity contribution in [2.75, 3.05) is 6.61 Å². The first-order chi connectivity index (χ1) is 6.11. The molecule has 0 aromatic carbocycles. The highest BCUT2D eigenvalue weighted by Gasteiger charge is 2.43. The second-order valence-electron chi connectivity index (χ2n) is 3.04. The van der Waals surface area contributed by atoms with Gasteiger partial charge in [0, 0.05) is 0 Å². The smallest absolute Gasteiger partial charge is 0.158 e. The summed E-state index contributed by atoms with van der Waals surface area (Å²) in [5, 5.41) is 47.3. The number of nitrogens with one attached hydrogen (secondary N) is 1. The van der Waals surface area contributed by atoms with E-state index in [-0.39, 0.29) is 6.61 Å². The molecule has 74 valence electrons. The molecule has 5 unspecified atom stereocenters. The molecule has 5 atom stereocenters. The maximum Gasteiger partial charge on any atom is 0.158 e. The normalized spacial score (nSPS) is 41.5. The zero-order valence-corrected chi connectivity index (χ0v) is 6.83. The molecule has 1 rings (SSSR count). The van der Waals surface area contributed by atoms with Crippen LogP contribution in [-0.2, 0) is 0 Å². The number of aliphatic hydroxyl groups excluding tert-OH is 4. The third kappa shape index (κ3) is 1.80. The maximum absolute atomic E-state index is 9.33. The molecule has 1 aliphatic heterocycles. The van der Waals surface area contributed by atoms with Gasteiger partial charge in [-0.1, -0.05) is 0 Å². The van der Waals surface area contributed by atoms with Gasteiger partial charge in [0.05, 0.1) is 30.9 Å². The lowest BCUT2D eigenvalue weighted by molar-refractivity contribution is 0.00592. The largest absolute Gasteiger partial charge is 0.395 e. The van der Waals surface area contributed by atoms with Crippen LogP contribution in [0.2, 0.25) is 0 Å². The minimum Gasteiger partial charge on any atom is -0.395 e. The summed E-state index contributed by atoms with van der Waals surface area (Å²) in [5.74, 6) is 0. The summed E-state index contributed by atoms with van der Waals surface area (Å²) >= 11 is 0. The van der Waals surface area contributed by atoms with Gasteiger partial charge in [-0.25, -0.2) is 0 Å². The lowest BCUT2D eigenvalue weighted by atomic mass is 10.0. The van der Waals surface area contributed by atoms with Crippen LogP contribution in [0.4, 0.5) is 0 Å². The Balaban J connectivity index is 2.66. The van der Waals surface area contributed by atoms with E-state index < -0.39 is 30.4 Å². The molecule has 1 fully saturated rings. The highest BCUT2D eigenvalue weighted by molar-refractivity contribution is 5.06. The summed E-state index contributed by atoms with van der Waals surface area (Å²) in [5.41, 5.74) is 0. The molecular formula is C7H12N2O4. The van der Waals surface area contributed by atoms with Gasteiger partial charge < -0.3 is 25.7 Å². The first-order valence-electron chi connectivity index (χ1n) is 3.92. The van der Waals surface area contributed by atoms with Gasteiger partial charge in [0.2, 0.25) is 0 Å². The van der Waals surface area contributed by atoms with Crippen LogP contribution in [0.1, 0.15) is 0 Å². The molecule has 0 radical (unpaired) electrons. The number of hydrogen-bond acceptors (Lipinski definition) is 6. The molecule has 1 aliphatic rings. The van der Waals surface area contributed by atoms with Gasteiger partial charge in [0.25, 0.3) is 0 Å². The van der Waals surface area contributed by atoms with Crippen LogP contribution in [-0.4, -0.2) is 57.4 Å². The molecular weight excluding hydrogens is 176 g/mol. The van der Waals surface area contributed by atoms with Crippen molar-refractivity contribution >= 4 is 0 Å². The summed E-state index contributed by atoms with van der Waals surface area (Å²) in [4.78, 5) is 0. The fourth-order valence-electron chi connectivity index (χ4n) is 1.41. The van der Waals surface area contributed by atoms with Gasteiger partial charge in [-0.05, 0) is 0 Å². The van der Waals surface area contributed by atoms with Crippen molar-refractivity contribution in [3.8, 4) is 6.07 Å². The van der Waals surface area contributed by atoms with Crippen molar-refractivity contribution in [1.82, 2.24) is 5.32 Å². The molecule has 6 nitrogen and oxygen atoms in total. The van der Waals surface area contributed by atoms with Crippen molar-refractivity contribution < 1.29 is 20.4 Å². The Bertz CT molecular complexity index is 217. The molecule has 0 saturated carbocycles. The molecule has 0 aromatic rings. The van der Waals surface area contributed by atoms with Crippen LogP contribution < -0.4 is 5.32 Å². The van der Waals surface area contributed by atoms with Crippen molar-refractivity contribution in [1.29, 1.82) is 5.26 Å². The van der Waals surface area contributed by atoms with Crippen LogP contribution in [0, 0.1) is 11.3 Å². The molecule has 0 spiro atoms. The third-order valence-electron chi connectivity index (χ3n) is 2.21. The molecule has 0 aromatic heterocycles. The lowest BCUT2D eigenvalue weighted by Gasteiger charge is -2.16. The summed E-state index contributed by atoms with van der Waals surface area (Å²) in [6.45, 7) is -0.354. The van der Waals surface area contributed by atoms with Crippen LogP contribution in [0.3, 0.4) is 0 Å². The molecule has 0 amide bonds. The minimum atomic E-state index is -1.39. The van der Waals surface area contributed by atoms with E-state index >= 15 is 0 Å². The second-order valence-corrected chi connectivity index (χ2v) is 3.04. The number of hydrogen-bond donors (Lipinski definition) is 5. The fourth-order valence-corrected chi connectivity index (χ4v) is 1.41. The van der Waals surface area contributed by atoms with Gasteiger partial charge in [0.1, 0.15) is 6.10 Å². The Labute approximate surface area is 75.0 Å². The van der Waals surface area contributed by atoms with Crippen molar-refractivity contribution in [2.45, 2.75) is 30.4 Å². The highest BCUT2D eigenvalue weighted by atomic mass is 16.3. The standard InChI is InChI=1S/C7H12N2O4/c8-1-4(11)5-7(13)6(12)3(2-10)9-5/h3-7,9-13H,2H2. The molecule has 0 bridgehead atoms. The van der Waals surface area contributed by atoms with E-state index in [9.17, 15) is 10.2 Å². The lowest BCUT2D eigenvalue weighted by Crippen LogP contribution is -2.43. The van der Waals surface area contributed by atoms with Crippen LogP contribution in [0.15, 0.2) is 0 Å². The molecule has 6 heteroatoms. The molecule has 13 heavy (non-hydrogen) atoms. The van der Waals surface area contributed by atoms with Crippen LogP contribution in [0.5, 0.6) is 0 Å². The molecule has 1 saturated heterocycles. The fraction of sp³-hybridized carbons (Fsp3) is 0.857. The predicted molar refractivity (Wildman–Crippen MR) is 41.4 cm³/mol. The number of aliphatic hydroxyl groups is 4. The van der Waals surface area contributed by atoms with Crippen molar-refractivity contribution in [3.63, 3.8) is 0 Å². The maximum atomic E-state index is 9.33. The Hall–Kier alpha value is -0.710. The van der Waals surface area contributed by atoms with Crippen LogP contribution in [0.25, 0.3) is 0 Å². The molecule has 5 N–H and O–H groups in total. The second kappa shape index (κ2) is 4.00. The van der Waals surface area contributed by atoms with E-state index in [4.69, 9.17) is 15.5 Å².